The van der Waals surface area contributed by atoms with Crippen LogP contribution >= 0.6 is 0 Å². The average molecular weight is 352 g/mol. The molecular weight excluding hydrogens is 342 g/mol. The second kappa shape index (κ2) is 7.36. The van der Waals surface area contributed by atoms with Crippen LogP contribution in [0.15, 0.2) is 55.1 Å². The van der Waals surface area contributed by atoms with Gasteiger partial charge in [-0.3, -0.25) is 4.79 Å². The van der Waals surface area contributed by atoms with Gasteiger partial charge in [-0.2, -0.15) is 9.65 Å². The number of carbonyl (C=O) groups excluding carboxylic acids is 1. The van der Waals surface area contributed by atoms with Gasteiger partial charge in [0.05, 0.1) is 24.0 Å². The first-order valence-corrected chi connectivity index (χ1v) is 7.30. The van der Waals surface area contributed by atoms with Gasteiger partial charge in [-0.25, -0.2) is 14.4 Å². The van der Waals surface area contributed by atoms with Crippen molar-refractivity contribution in [3.63, 3.8) is 0 Å². The molecule has 6 nitrogen and oxygen atoms in total. The summed E-state index contributed by atoms with van der Waals surface area (Å²) >= 11 is 0. The Morgan fingerprint density at radius 3 is 2.65 bits per heavy atom. The zero-order chi connectivity index (χ0) is 18.5. The number of rotatable bonds is 4. The molecule has 0 fully saturated rings. The number of nitrogens with one attached hydrogen (secondary N) is 1. The zero-order valence-electron chi connectivity index (χ0n) is 13.1. The lowest BCUT2D eigenvalue weighted by molar-refractivity contribution is 0.102. The Kier molecular flexibility index (Phi) is 4.80. The molecule has 3 aromatic rings. The van der Waals surface area contributed by atoms with E-state index in [1.165, 1.54) is 30.9 Å². The molecule has 1 heterocycles. The minimum atomic E-state index is -1.21. The first-order valence-electron chi connectivity index (χ1n) is 7.30. The average Bonchev–Trinajstić information content (AvgIpc) is 2.66. The predicted molar refractivity (Wildman–Crippen MR) is 87.6 cm³/mol. The molecule has 0 aliphatic carbocycles. The lowest BCUT2D eigenvalue weighted by atomic mass is 10.1. The SMILES string of the molecule is N#Cc1cccc(C(=O)Nc2cc(F)c(F)c(Oc3cncnc3)c2)c1. The molecule has 1 amide bonds. The van der Waals surface area contributed by atoms with Gasteiger partial charge in [0.15, 0.2) is 17.3 Å². The van der Waals surface area contributed by atoms with Crippen molar-refractivity contribution < 1.29 is 18.3 Å². The van der Waals surface area contributed by atoms with Crippen molar-refractivity contribution in [2.45, 2.75) is 0 Å². The summed E-state index contributed by atoms with van der Waals surface area (Å²) in [6, 6.07) is 9.85. The van der Waals surface area contributed by atoms with E-state index in [0.29, 0.717) is 5.56 Å². The third-order valence-electron chi connectivity index (χ3n) is 3.27. The summed E-state index contributed by atoms with van der Waals surface area (Å²) in [5, 5.41) is 11.3. The Morgan fingerprint density at radius 2 is 1.92 bits per heavy atom. The van der Waals surface area contributed by atoms with Crippen LogP contribution in [0.25, 0.3) is 0 Å². The molecule has 0 saturated carbocycles. The number of ether oxygens (including phenoxy) is 1. The number of nitrogens with zero attached hydrogens (tertiary/aromatic N) is 3. The molecule has 0 atom stereocenters. The summed E-state index contributed by atoms with van der Waals surface area (Å²) in [5.41, 5.74) is 0.492. The van der Waals surface area contributed by atoms with E-state index in [1.54, 1.807) is 12.1 Å². The summed E-state index contributed by atoms with van der Waals surface area (Å²) in [4.78, 5) is 19.7. The fourth-order valence-electron chi connectivity index (χ4n) is 2.11. The number of aromatic nitrogens is 2. The Balaban J connectivity index is 1.86. The summed E-state index contributed by atoms with van der Waals surface area (Å²) in [5.74, 6) is -3.31. The number of amides is 1. The Morgan fingerprint density at radius 1 is 1.15 bits per heavy atom. The topological polar surface area (TPSA) is 87.9 Å². The van der Waals surface area contributed by atoms with E-state index in [1.807, 2.05) is 6.07 Å². The van der Waals surface area contributed by atoms with Gasteiger partial charge >= 0.3 is 0 Å². The summed E-state index contributed by atoms with van der Waals surface area (Å²) < 4.78 is 33.0. The molecule has 1 aromatic heterocycles. The van der Waals surface area contributed by atoms with E-state index in [9.17, 15) is 13.6 Å². The van der Waals surface area contributed by atoms with E-state index >= 15 is 0 Å². The van der Waals surface area contributed by atoms with Crippen molar-refractivity contribution in [2.24, 2.45) is 0 Å². The molecule has 0 saturated heterocycles. The molecule has 128 valence electrons. The van der Waals surface area contributed by atoms with Crippen molar-refractivity contribution >= 4 is 11.6 Å². The Labute approximate surface area is 146 Å². The van der Waals surface area contributed by atoms with Gasteiger partial charge in [-0.05, 0) is 18.2 Å². The Hall–Kier alpha value is -3.86. The van der Waals surface area contributed by atoms with Crippen LogP contribution in [0, 0.1) is 23.0 Å². The van der Waals surface area contributed by atoms with Crippen LogP contribution in [0.2, 0.25) is 0 Å². The van der Waals surface area contributed by atoms with Crippen molar-refractivity contribution in [3.05, 3.63) is 77.9 Å². The highest BCUT2D eigenvalue weighted by Gasteiger charge is 2.15. The van der Waals surface area contributed by atoms with Gasteiger partial charge < -0.3 is 10.1 Å². The second-order valence-corrected chi connectivity index (χ2v) is 5.09. The Bertz CT molecular complexity index is 1000. The molecule has 26 heavy (non-hydrogen) atoms. The van der Waals surface area contributed by atoms with E-state index in [0.717, 1.165) is 12.1 Å². The van der Waals surface area contributed by atoms with E-state index in [4.69, 9.17) is 10.00 Å². The molecule has 1 N–H and O–H groups in total. The first-order chi connectivity index (χ1) is 12.6. The third kappa shape index (κ3) is 3.79. The van der Waals surface area contributed by atoms with Crippen LogP contribution < -0.4 is 10.1 Å². The maximum Gasteiger partial charge on any atom is 0.255 e. The number of carbonyl (C=O) groups is 1. The van der Waals surface area contributed by atoms with Crippen molar-refractivity contribution in [1.82, 2.24) is 9.97 Å². The molecule has 0 radical (unpaired) electrons. The number of nitriles is 1. The van der Waals surface area contributed by atoms with Crippen LogP contribution in [0.4, 0.5) is 14.5 Å². The highest BCUT2D eigenvalue weighted by Crippen LogP contribution is 2.29. The molecule has 3 rings (SSSR count). The van der Waals surface area contributed by atoms with E-state index in [2.05, 4.69) is 15.3 Å². The molecule has 0 aliphatic heterocycles. The van der Waals surface area contributed by atoms with Crippen LogP contribution in [0.1, 0.15) is 15.9 Å². The lowest BCUT2D eigenvalue weighted by Gasteiger charge is -2.10. The van der Waals surface area contributed by atoms with Crippen LogP contribution in [-0.4, -0.2) is 15.9 Å². The summed E-state index contributed by atoms with van der Waals surface area (Å²) in [6.07, 6.45) is 3.82. The largest absolute Gasteiger partial charge is 0.451 e. The maximum absolute atomic E-state index is 13.9. The smallest absolute Gasteiger partial charge is 0.255 e. The fourth-order valence-corrected chi connectivity index (χ4v) is 2.11. The number of halogens is 2. The van der Waals surface area contributed by atoms with Crippen LogP contribution in [0.3, 0.4) is 0 Å². The molecule has 2 aromatic carbocycles. The maximum atomic E-state index is 13.9. The summed E-state index contributed by atoms with van der Waals surface area (Å²) in [7, 11) is 0. The molecule has 0 bridgehead atoms. The van der Waals surface area contributed by atoms with Gasteiger partial charge in [0.1, 0.15) is 6.33 Å². The third-order valence-corrected chi connectivity index (χ3v) is 3.27. The van der Waals surface area contributed by atoms with Crippen LogP contribution in [-0.2, 0) is 0 Å². The first kappa shape index (κ1) is 17.0. The standard InChI is InChI=1S/C18H10F2N4O2/c19-15-5-13(24-18(25)12-3-1-2-11(4-12)7-21)6-16(17(15)20)26-14-8-22-10-23-9-14/h1-6,8-10H,(H,24,25). The number of benzene rings is 2. The quantitative estimate of drug-likeness (QED) is 0.774. The number of anilines is 1. The van der Waals surface area contributed by atoms with Gasteiger partial charge in [0.2, 0.25) is 5.82 Å². The van der Waals surface area contributed by atoms with Crippen molar-refractivity contribution in [2.75, 3.05) is 5.32 Å². The minimum absolute atomic E-state index is 0.0110. The van der Waals surface area contributed by atoms with Crippen LogP contribution in [0.5, 0.6) is 11.5 Å². The van der Waals surface area contributed by atoms with E-state index in [-0.39, 0.29) is 17.0 Å². The molecule has 8 heteroatoms. The van der Waals surface area contributed by atoms with Gasteiger partial charge in [-0.1, -0.05) is 6.07 Å². The lowest BCUT2D eigenvalue weighted by Crippen LogP contribution is -2.12. The van der Waals surface area contributed by atoms with E-state index < -0.39 is 23.3 Å². The van der Waals surface area contributed by atoms with Gasteiger partial charge in [0, 0.05) is 23.4 Å². The van der Waals surface area contributed by atoms with Gasteiger partial charge in [0.25, 0.3) is 5.91 Å². The minimum Gasteiger partial charge on any atom is -0.451 e. The highest BCUT2D eigenvalue weighted by atomic mass is 19.2. The fraction of sp³-hybridized carbons (Fsp3) is 0. The second-order valence-electron chi connectivity index (χ2n) is 5.09. The summed E-state index contributed by atoms with van der Waals surface area (Å²) in [6.45, 7) is 0. The van der Waals surface area contributed by atoms with Crippen molar-refractivity contribution in [3.8, 4) is 17.6 Å². The number of hydrogen-bond donors (Lipinski definition) is 1. The predicted octanol–water partition coefficient (Wildman–Crippen LogP) is 3.67. The molecule has 0 spiro atoms. The van der Waals surface area contributed by atoms with Crippen molar-refractivity contribution in [1.29, 1.82) is 5.26 Å². The zero-order valence-corrected chi connectivity index (χ0v) is 13.1. The molecule has 0 unspecified atom stereocenters. The normalized spacial score (nSPS) is 10.0. The molecule has 0 aliphatic rings. The molecular formula is C18H10F2N4O2. The highest BCUT2D eigenvalue weighted by molar-refractivity contribution is 6.04. The number of hydrogen-bond acceptors (Lipinski definition) is 5. The monoisotopic (exact) mass is 352 g/mol. The van der Waals surface area contributed by atoms with Gasteiger partial charge in [-0.15, -0.1) is 0 Å².